The van der Waals surface area contributed by atoms with E-state index in [1.807, 2.05) is 24.3 Å². The highest BCUT2D eigenvalue weighted by Gasteiger charge is 2.20. The monoisotopic (exact) mass is 334 g/mol. The van der Waals surface area contributed by atoms with E-state index in [1.165, 1.54) is 0 Å². The van der Waals surface area contributed by atoms with E-state index in [4.69, 9.17) is 9.47 Å². The van der Waals surface area contributed by atoms with Crippen LogP contribution >= 0.6 is 0 Å². The highest BCUT2D eigenvalue weighted by molar-refractivity contribution is 5.92. The Morgan fingerprint density at radius 3 is 2.79 bits per heavy atom. The third kappa shape index (κ3) is 6.99. The average Bonchev–Trinajstić information content (AvgIpc) is 2.62. The fraction of sp³-hybridized carbons (Fsp3) is 0.632. The maximum Gasteiger partial charge on any atom is 0.227 e. The summed E-state index contributed by atoms with van der Waals surface area (Å²) in [7, 11) is 0. The first-order valence-electron chi connectivity index (χ1n) is 9.05. The molecular weight excluding hydrogens is 304 g/mol. The van der Waals surface area contributed by atoms with Crippen LogP contribution in [-0.2, 0) is 20.9 Å². The van der Waals surface area contributed by atoms with E-state index in [2.05, 4.69) is 17.6 Å². The molecule has 2 N–H and O–H groups in total. The van der Waals surface area contributed by atoms with Gasteiger partial charge in [-0.3, -0.25) is 4.79 Å². The Labute approximate surface area is 145 Å². The maximum absolute atomic E-state index is 12.3. The topological polar surface area (TPSA) is 59.6 Å². The molecule has 1 heterocycles. The van der Waals surface area contributed by atoms with Crippen molar-refractivity contribution in [3.05, 3.63) is 29.8 Å². The van der Waals surface area contributed by atoms with Gasteiger partial charge in [-0.15, -0.1) is 0 Å². The molecule has 1 saturated heterocycles. The van der Waals surface area contributed by atoms with Crippen molar-refractivity contribution in [3.63, 3.8) is 0 Å². The van der Waals surface area contributed by atoms with Crippen molar-refractivity contribution in [2.75, 3.05) is 38.2 Å². The molecule has 0 spiro atoms. The van der Waals surface area contributed by atoms with E-state index in [0.717, 1.165) is 56.6 Å². The predicted molar refractivity (Wildman–Crippen MR) is 96.0 cm³/mol. The Hall–Kier alpha value is -1.43. The molecule has 0 bridgehead atoms. The first-order chi connectivity index (χ1) is 11.8. The molecule has 1 fully saturated rings. The number of amides is 1. The zero-order valence-corrected chi connectivity index (χ0v) is 14.7. The van der Waals surface area contributed by atoms with Crippen LogP contribution in [-0.4, -0.2) is 38.8 Å². The number of unbranched alkanes of at least 4 members (excludes halogenated alkanes) is 1. The van der Waals surface area contributed by atoms with E-state index in [0.29, 0.717) is 19.8 Å². The van der Waals surface area contributed by atoms with Gasteiger partial charge in [0.15, 0.2) is 0 Å². The molecule has 0 unspecified atom stereocenters. The van der Waals surface area contributed by atoms with E-state index in [1.54, 1.807) is 0 Å². The summed E-state index contributed by atoms with van der Waals surface area (Å²) in [6.45, 7) is 6.56. The SMILES string of the molecule is CCCCOCCOCc1cccc(NC(=O)C2CCNCC2)c1. The lowest BCUT2D eigenvalue weighted by Gasteiger charge is -2.21. The van der Waals surface area contributed by atoms with Crippen LogP contribution in [0.3, 0.4) is 0 Å². The molecule has 1 aliphatic heterocycles. The number of carbonyl (C=O) groups is 1. The van der Waals surface area contributed by atoms with Crippen LogP contribution < -0.4 is 10.6 Å². The number of hydrogen-bond donors (Lipinski definition) is 2. The van der Waals surface area contributed by atoms with Gasteiger partial charge in [-0.1, -0.05) is 25.5 Å². The Morgan fingerprint density at radius 2 is 2.00 bits per heavy atom. The van der Waals surface area contributed by atoms with E-state index < -0.39 is 0 Å². The lowest BCUT2D eigenvalue weighted by Crippen LogP contribution is -2.34. The molecule has 24 heavy (non-hydrogen) atoms. The Kier molecular flexibility index (Phi) is 8.81. The smallest absolute Gasteiger partial charge is 0.227 e. The molecule has 1 aliphatic rings. The quantitative estimate of drug-likeness (QED) is 0.646. The second-order valence-electron chi connectivity index (χ2n) is 6.23. The van der Waals surface area contributed by atoms with Crippen molar-refractivity contribution >= 4 is 11.6 Å². The van der Waals surface area contributed by atoms with Crippen LogP contribution in [0.15, 0.2) is 24.3 Å². The molecule has 0 radical (unpaired) electrons. The van der Waals surface area contributed by atoms with Gasteiger partial charge in [-0.05, 0) is 50.0 Å². The van der Waals surface area contributed by atoms with Gasteiger partial charge in [0.1, 0.15) is 0 Å². The molecule has 134 valence electrons. The molecule has 5 nitrogen and oxygen atoms in total. The summed E-state index contributed by atoms with van der Waals surface area (Å²) < 4.78 is 11.1. The molecule has 0 aliphatic carbocycles. The Balaban J connectivity index is 1.69. The van der Waals surface area contributed by atoms with Crippen LogP contribution in [0.25, 0.3) is 0 Å². The molecule has 2 rings (SSSR count). The molecule has 1 amide bonds. The van der Waals surface area contributed by atoms with Crippen molar-refractivity contribution < 1.29 is 14.3 Å². The van der Waals surface area contributed by atoms with Crippen molar-refractivity contribution in [2.24, 2.45) is 5.92 Å². The van der Waals surface area contributed by atoms with Gasteiger partial charge < -0.3 is 20.1 Å². The number of piperidine rings is 1. The summed E-state index contributed by atoms with van der Waals surface area (Å²) in [4.78, 5) is 12.3. The first kappa shape index (κ1) is 18.9. The zero-order valence-electron chi connectivity index (χ0n) is 14.7. The summed E-state index contributed by atoms with van der Waals surface area (Å²) in [5.41, 5.74) is 1.91. The summed E-state index contributed by atoms with van der Waals surface area (Å²) in [6, 6.07) is 7.87. The molecule has 0 atom stereocenters. The third-order valence-electron chi connectivity index (χ3n) is 4.19. The van der Waals surface area contributed by atoms with Crippen molar-refractivity contribution in [3.8, 4) is 0 Å². The second kappa shape index (κ2) is 11.2. The highest BCUT2D eigenvalue weighted by atomic mass is 16.5. The Morgan fingerprint density at radius 1 is 1.21 bits per heavy atom. The van der Waals surface area contributed by atoms with Gasteiger partial charge in [0.2, 0.25) is 5.91 Å². The number of ether oxygens (including phenoxy) is 2. The molecule has 5 heteroatoms. The molecule has 0 aromatic heterocycles. The second-order valence-corrected chi connectivity index (χ2v) is 6.23. The number of rotatable bonds is 10. The summed E-state index contributed by atoms with van der Waals surface area (Å²) in [5, 5.41) is 6.31. The van der Waals surface area contributed by atoms with Gasteiger partial charge in [-0.2, -0.15) is 0 Å². The van der Waals surface area contributed by atoms with Gasteiger partial charge >= 0.3 is 0 Å². The minimum Gasteiger partial charge on any atom is -0.379 e. The van der Waals surface area contributed by atoms with Crippen molar-refractivity contribution in [1.82, 2.24) is 5.32 Å². The highest BCUT2D eigenvalue weighted by Crippen LogP contribution is 2.17. The lowest BCUT2D eigenvalue weighted by atomic mass is 9.97. The maximum atomic E-state index is 12.3. The van der Waals surface area contributed by atoms with E-state index in [9.17, 15) is 4.79 Å². The summed E-state index contributed by atoms with van der Waals surface area (Å²) >= 11 is 0. The van der Waals surface area contributed by atoms with Crippen molar-refractivity contribution in [2.45, 2.75) is 39.2 Å². The predicted octanol–water partition coefficient (Wildman–Crippen LogP) is 2.96. The number of benzene rings is 1. The van der Waals surface area contributed by atoms with Gasteiger partial charge in [0.05, 0.1) is 19.8 Å². The fourth-order valence-electron chi connectivity index (χ4n) is 2.72. The standard InChI is InChI=1S/C19H30N2O3/c1-2-3-11-23-12-13-24-15-16-5-4-6-18(14-16)21-19(22)17-7-9-20-10-8-17/h4-6,14,17,20H,2-3,7-13,15H2,1H3,(H,21,22). The lowest BCUT2D eigenvalue weighted by molar-refractivity contribution is -0.120. The number of nitrogens with one attached hydrogen (secondary N) is 2. The number of anilines is 1. The molecule has 1 aromatic rings. The average molecular weight is 334 g/mol. The Bertz CT molecular complexity index is 487. The van der Waals surface area contributed by atoms with Gasteiger partial charge in [0, 0.05) is 18.2 Å². The molecular formula is C19H30N2O3. The van der Waals surface area contributed by atoms with Gasteiger partial charge in [-0.25, -0.2) is 0 Å². The summed E-state index contributed by atoms with van der Waals surface area (Å²) in [5.74, 6) is 0.241. The fourth-order valence-corrected chi connectivity index (χ4v) is 2.72. The molecule has 0 saturated carbocycles. The van der Waals surface area contributed by atoms with Crippen molar-refractivity contribution in [1.29, 1.82) is 0 Å². The minimum atomic E-state index is 0.117. The van der Waals surface area contributed by atoms with Crippen LogP contribution in [0.1, 0.15) is 38.2 Å². The zero-order chi connectivity index (χ0) is 17.0. The van der Waals surface area contributed by atoms with Crippen LogP contribution in [0.5, 0.6) is 0 Å². The number of carbonyl (C=O) groups excluding carboxylic acids is 1. The third-order valence-corrected chi connectivity index (χ3v) is 4.19. The minimum absolute atomic E-state index is 0.117. The number of hydrogen-bond acceptors (Lipinski definition) is 4. The normalized spacial score (nSPS) is 15.4. The van der Waals surface area contributed by atoms with Crippen LogP contribution in [0, 0.1) is 5.92 Å². The first-order valence-corrected chi connectivity index (χ1v) is 9.05. The van der Waals surface area contributed by atoms with E-state index >= 15 is 0 Å². The largest absolute Gasteiger partial charge is 0.379 e. The van der Waals surface area contributed by atoms with Crippen LogP contribution in [0.2, 0.25) is 0 Å². The summed E-state index contributed by atoms with van der Waals surface area (Å²) in [6.07, 6.45) is 4.06. The molecule has 1 aromatic carbocycles. The van der Waals surface area contributed by atoms with Crippen LogP contribution in [0.4, 0.5) is 5.69 Å². The van der Waals surface area contributed by atoms with Gasteiger partial charge in [0.25, 0.3) is 0 Å². The van der Waals surface area contributed by atoms with E-state index in [-0.39, 0.29) is 11.8 Å².